The summed E-state index contributed by atoms with van der Waals surface area (Å²) in [5.74, 6) is 1.01. The molecule has 0 N–H and O–H groups in total. The Labute approximate surface area is 102 Å². The molecule has 3 aromatic rings. The molecule has 0 atom stereocenters. The van der Waals surface area contributed by atoms with Crippen molar-refractivity contribution in [3.05, 3.63) is 52.4 Å². The number of aromatic nitrogens is 2. The summed E-state index contributed by atoms with van der Waals surface area (Å²) < 4.78 is 6.85. The summed E-state index contributed by atoms with van der Waals surface area (Å²) in [5, 5.41) is 11.2. The number of rotatable bonds is 2. The number of imidazole rings is 1. The summed E-state index contributed by atoms with van der Waals surface area (Å²) in [4.78, 5) is 15.0. The molecule has 3 rings (SSSR count). The first-order valence-electron chi connectivity index (χ1n) is 5.35. The van der Waals surface area contributed by atoms with Crippen molar-refractivity contribution in [3.8, 4) is 11.5 Å². The first-order valence-corrected chi connectivity index (χ1v) is 5.35. The summed E-state index contributed by atoms with van der Waals surface area (Å²) >= 11 is 0. The maximum absolute atomic E-state index is 11.2. The molecule has 3 aromatic heterocycles. The van der Waals surface area contributed by atoms with Crippen LogP contribution < -0.4 is 0 Å². The molecule has 0 aliphatic heterocycles. The van der Waals surface area contributed by atoms with E-state index in [1.165, 1.54) is 4.40 Å². The van der Waals surface area contributed by atoms with Crippen molar-refractivity contribution >= 4 is 11.5 Å². The average molecular weight is 243 g/mol. The molecule has 0 spiro atoms. The van der Waals surface area contributed by atoms with Crippen LogP contribution in [0.4, 0.5) is 5.82 Å². The van der Waals surface area contributed by atoms with Gasteiger partial charge >= 0.3 is 5.82 Å². The van der Waals surface area contributed by atoms with Crippen LogP contribution in [0.25, 0.3) is 17.1 Å². The van der Waals surface area contributed by atoms with Gasteiger partial charge in [0.2, 0.25) is 11.3 Å². The molecular formula is C12H9N3O3. The summed E-state index contributed by atoms with van der Waals surface area (Å²) in [5.41, 5.74) is 0.771. The van der Waals surface area contributed by atoms with Gasteiger partial charge in [-0.05, 0) is 30.0 Å². The first kappa shape index (κ1) is 10.5. The number of nitrogens with zero attached hydrogens (tertiary/aromatic N) is 3. The fraction of sp³-hybridized carbons (Fsp3) is 0.0833. The van der Waals surface area contributed by atoms with Gasteiger partial charge < -0.3 is 14.5 Å². The number of fused-ring (bicyclic) bond motifs is 1. The Balaban J connectivity index is 2.34. The molecule has 6 heteroatoms. The van der Waals surface area contributed by atoms with Crippen LogP contribution >= 0.6 is 0 Å². The molecule has 0 bridgehead atoms. The van der Waals surface area contributed by atoms with Gasteiger partial charge in [-0.3, -0.25) is 0 Å². The molecule has 0 saturated carbocycles. The summed E-state index contributed by atoms with van der Waals surface area (Å²) in [6.45, 7) is 1.78. The monoisotopic (exact) mass is 243 g/mol. The lowest BCUT2D eigenvalue weighted by atomic mass is 10.3. The van der Waals surface area contributed by atoms with E-state index in [4.69, 9.17) is 4.42 Å². The maximum Gasteiger partial charge on any atom is 0.359 e. The zero-order valence-corrected chi connectivity index (χ0v) is 9.53. The average Bonchev–Trinajstić information content (AvgIpc) is 2.91. The summed E-state index contributed by atoms with van der Waals surface area (Å²) in [7, 11) is 0. The van der Waals surface area contributed by atoms with E-state index >= 15 is 0 Å². The van der Waals surface area contributed by atoms with Crippen molar-refractivity contribution in [2.24, 2.45) is 0 Å². The van der Waals surface area contributed by atoms with Gasteiger partial charge in [0, 0.05) is 6.07 Å². The third-order valence-corrected chi connectivity index (χ3v) is 2.65. The predicted octanol–water partition coefficient (Wildman–Crippen LogP) is 2.81. The van der Waals surface area contributed by atoms with Crippen LogP contribution in [0.15, 0.2) is 40.9 Å². The van der Waals surface area contributed by atoms with Crippen LogP contribution in [-0.2, 0) is 0 Å². The Bertz CT molecular complexity index is 742. The van der Waals surface area contributed by atoms with Gasteiger partial charge in [0.15, 0.2) is 5.76 Å². The largest absolute Gasteiger partial charge is 0.459 e. The molecule has 0 aliphatic rings. The van der Waals surface area contributed by atoms with Gasteiger partial charge in [-0.2, -0.15) is 9.38 Å². The van der Waals surface area contributed by atoms with E-state index in [9.17, 15) is 10.1 Å². The molecular weight excluding hydrogens is 234 g/mol. The van der Waals surface area contributed by atoms with Crippen molar-refractivity contribution in [2.45, 2.75) is 6.92 Å². The highest BCUT2D eigenvalue weighted by Crippen LogP contribution is 2.31. The van der Waals surface area contributed by atoms with Crippen molar-refractivity contribution in [2.75, 3.05) is 0 Å². The van der Waals surface area contributed by atoms with E-state index in [-0.39, 0.29) is 11.5 Å². The van der Waals surface area contributed by atoms with E-state index in [2.05, 4.69) is 4.98 Å². The van der Waals surface area contributed by atoms with E-state index in [0.29, 0.717) is 17.2 Å². The fourth-order valence-electron chi connectivity index (χ4n) is 1.88. The molecule has 6 nitrogen and oxygen atoms in total. The zero-order valence-electron chi connectivity index (χ0n) is 9.53. The molecule has 0 aromatic carbocycles. The molecule has 0 fully saturated rings. The van der Waals surface area contributed by atoms with Crippen LogP contribution in [0.3, 0.4) is 0 Å². The van der Waals surface area contributed by atoms with Gasteiger partial charge in [-0.1, -0.05) is 6.07 Å². The number of nitro groups is 1. The molecule has 3 heterocycles. The zero-order chi connectivity index (χ0) is 12.7. The Kier molecular flexibility index (Phi) is 2.16. The summed E-state index contributed by atoms with van der Waals surface area (Å²) in [6, 6.07) is 8.65. The topological polar surface area (TPSA) is 73.6 Å². The normalized spacial score (nSPS) is 10.9. The number of furan rings is 1. The van der Waals surface area contributed by atoms with Crippen LogP contribution in [0, 0.1) is 17.0 Å². The number of hydrogen-bond acceptors (Lipinski definition) is 4. The Hall–Kier alpha value is -2.63. The van der Waals surface area contributed by atoms with Crippen LogP contribution in [0.2, 0.25) is 0 Å². The molecule has 0 unspecified atom stereocenters. The third-order valence-electron chi connectivity index (χ3n) is 2.65. The lowest BCUT2D eigenvalue weighted by Gasteiger charge is -1.95. The highest BCUT2D eigenvalue weighted by Gasteiger charge is 2.25. The Morgan fingerprint density at radius 2 is 2.17 bits per heavy atom. The number of pyridine rings is 1. The second kappa shape index (κ2) is 3.69. The Morgan fingerprint density at radius 3 is 2.83 bits per heavy atom. The predicted molar refractivity (Wildman–Crippen MR) is 64.3 cm³/mol. The molecule has 0 saturated heterocycles. The van der Waals surface area contributed by atoms with Crippen molar-refractivity contribution in [3.63, 3.8) is 0 Å². The van der Waals surface area contributed by atoms with Crippen molar-refractivity contribution in [1.29, 1.82) is 0 Å². The van der Waals surface area contributed by atoms with Crippen LogP contribution in [0.1, 0.15) is 5.76 Å². The van der Waals surface area contributed by atoms with Gasteiger partial charge in [-0.25, -0.2) is 0 Å². The molecule has 18 heavy (non-hydrogen) atoms. The number of hydrogen-bond donors (Lipinski definition) is 0. The minimum absolute atomic E-state index is 0.0834. The second-order valence-corrected chi connectivity index (χ2v) is 3.88. The minimum Gasteiger partial charge on any atom is -0.459 e. The minimum atomic E-state index is -0.451. The lowest BCUT2D eigenvalue weighted by molar-refractivity contribution is -0.389. The summed E-state index contributed by atoms with van der Waals surface area (Å²) in [6.07, 6.45) is 1.61. The maximum atomic E-state index is 11.2. The van der Waals surface area contributed by atoms with Gasteiger partial charge in [0.05, 0.1) is 6.20 Å². The van der Waals surface area contributed by atoms with E-state index < -0.39 is 4.92 Å². The van der Waals surface area contributed by atoms with Gasteiger partial charge in [-0.15, -0.1) is 0 Å². The van der Waals surface area contributed by atoms with Gasteiger partial charge in [0.25, 0.3) is 0 Å². The molecule has 0 aliphatic carbocycles. The fourth-order valence-corrected chi connectivity index (χ4v) is 1.88. The SMILES string of the molecule is Cc1ccc(-c2nc3ccccn3c2[N+](=O)[O-])o1. The van der Waals surface area contributed by atoms with Crippen molar-refractivity contribution < 1.29 is 9.34 Å². The number of aryl methyl sites for hydroxylation is 1. The second-order valence-electron chi connectivity index (χ2n) is 3.88. The highest BCUT2D eigenvalue weighted by molar-refractivity contribution is 5.68. The van der Waals surface area contributed by atoms with Crippen LogP contribution in [-0.4, -0.2) is 14.3 Å². The molecule has 90 valence electrons. The highest BCUT2D eigenvalue weighted by atomic mass is 16.6. The van der Waals surface area contributed by atoms with Crippen molar-refractivity contribution in [1.82, 2.24) is 9.38 Å². The lowest BCUT2D eigenvalue weighted by Crippen LogP contribution is -1.94. The third kappa shape index (κ3) is 1.46. The quantitative estimate of drug-likeness (QED) is 0.512. The Morgan fingerprint density at radius 1 is 1.33 bits per heavy atom. The van der Waals surface area contributed by atoms with E-state index in [0.717, 1.165) is 0 Å². The van der Waals surface area contributed by atoms with Crippen LogP contribution in [0.5, 0.6) is 0 Å². The molecule has 0 radical (unpaired) electrons. The first-order chi connectivity index (χ1) is 8.66. The standard InChI is InChI=1S/C12H9N3O3/c1-8-5-6-9(18-8)11-12(15(16)17)14-7-3-2-4-10(14)13-11/h2-7H,1H3. The van der Waals surface area contributed by atoms with E-state index in [1.54, 1.807) is 43.5 Å². The molecule has 0 amide bonds. The van der Waals surface area contributed by atoms with Gasteiger partial charge in [0.1, 0.15) is 5.76 Å². The van der Waals surface area contributed by atoms with E-state index in [1.807, 2.05) is 0 Å². The smallest absolute Gasteiger partial charge is 0.359 e.